The Labute approximate surface area is 104 Å². The topological polar surface area (TPSA) is 43.8 Å². The molecule has 0 aliphatic heterocycles. The highest BCUT2D eigenvalue weighted by Crippen LogP contribution is 2.27. The Hall–Kier alpha value is -1.55. The van der Waals surface area contributed by atoms with Crippen LogP contribution in [-0.2, 0) is 0 Å². The number of benzene rings is 1. The lowest BCUT2D eigenvalue weighted by atomic mass is 10.2. The highest BCUT2D eigenvalue weighted by atomic mass is 35.5. The van der Waals surface area contributed by atoms with Gasteiger partial charge in [-0.2, -0.15) is 5.10 Å². The first-order valence-electron chi connectivity index (χ1n) is 5.19. The van der Waals surface area contributed by atoms with Crippen LogP contribution >= 0.6 is 11.6 Å². The van der Waals surface area contributed by atoms with Crippen molar-refractivity contribution in [2.45, 2.75) is 20.8 Å². The second kappa shape index (κ2) is 4.04. The summed E-state index contributed by atoms with van der Waals surface area (Å²) in [6, 6.07) is 2.97. The Morgan fingerprint density at radius 1 is 1.29 bits per heavy atom. The molecule has 1 aromatic carbocycles. The van der Waals surface area contributed by atoms with E-state index in [1.54, 1.807) is 17.7 Å². The van der Waals surface area contributed by atoms with E-state index in [1.807, 2.05) is 13.8 Å². The van der Waals surface area contributed by atoms with Crippen LogP contribution in [-0.4, -0.2) is 9.78 Å². The van der Waals surface area contributed by atoms with Crippen LogP contribution in [0.3, 0.4) is 0 Å². The van der Waals surface area contributed by atoms with E-state index in [4.69, 9.17) is 17.3 Å². The second-order valence-electron chi connectivity index (χ2n) is 4.06. The number of halogens is 2. The summed E-state index contributed by atoms with van der Waals surface area (Å²) in [6.07, 6.45) is 0. The van der Waals surface area contributed by atoms with Gasteiger partial charge in [-0.25, -0.2) is 9.07 Å². The van der Waals surface area contributed by atoms with Crippen molar-refractivity contribution in [3.63, 3.8) is 0 Å². The Balaban J connectivity index is 2.68. The van der Waals surface area contributed by atoms with Crippen molar-refractivity contribution in [3.05, 3.63) is 39.9 Å². The molecule has 2 aromatic rings. The molecule has 1 heterocycles. The number of nitrogen functional groups attached to an aromatic ring is 1. The summed E-state index contributed by atoms with van der Waals surface area (Å²) in [4.78, 5) is 0. The van der Waals surface area contributed by atoms with E-state index in [-0.39, 0.29) is 5.82 Å². The maximum absolute atomic E-state index is 13.3. The highest BCUT2D eigenvalue weighted by molar-refractivity contribution is 6.31. The van der Waals surface area contributed by atoms with Crippen molar-refractivity contribution in [1.82, 2.24) is 9.78 Å². The molecule has 0 unspecified atom stereocenters. The first-order valence-corrected chi connectivity index (χ1v) is 5.57. The molecule has 0 saturated heterocycles. The molecule has 0 atom stereocenters. The third-order valence-electron chi connectivity index (χ3n) is 2.74. The number of nitrogens with two attached hydrogens (primary N) is 1. The molecule has 2 N–H and O–H groups in total. The number of nitrogens with zero attached hydrogens (tertiary/aromatic N) is 2. The minimum absolute atomic E-state index is 0.320. The molecular weight excluding hydrogens is 241 g/mol. The van der Waals surface area contributed by atoms with E-state index in [0.717, 1.165) is 11.4 Å². The van der Waals surface area contributed by atoms with Crippen LogP contribution in [0.1, 0.15) is 17.0 Å². The van der Waals surface area contributed by atoms with Gasteiger partial charge in [-0.15, -0.1) is 0 Å². The van der Waals surface area contributed by atoms with Crippen LogP contribution < -0.4 is 5.73 Å². The van der Waals surface area contributed by atoms with Gasteiger partial charge in [0.05, 0.1) is 27.8 Å². The van der Waals surface area contributed by atoms with E-state index < -0.39 is 0 Å². The number of aromatic nitrogens is 2. The van der Waals surface area contributed by atoms with Crippen molar-refractivity contribution >= 4 is 17.3 Å². The Kier molecular flexibility index (Phi) is 2.83. The summed E-state index contributed by atoms with van der Waals surface area (Å²) in [7, 11) is 0. The molecule has 0 bridgehead atoms. The first kappa shape index (κ1) is 11.9. The summed E-state index contributed by atoms with van der Waals surface area (Å²) in [5, 5.41) is 4.90. The monoisotopic (exact) mass is 253 g/mol. The first-order chi connectivity index (χ1) is 7.91. The van der Waals surface area contributed by atoms with Gasteiger partial charge in [0.15, 0.2) is 0 Å². The van der Waals surface area contributed by atoms with Crippen molar-refractivity contribution in [2.75, 3.05) is 5.73 Å². The predicted octanol–water partition coefficient (Wildman–Crippen LogP) is 3.17. The van der Waals surface area contributed by atoms with Crippen molar-refractivity contribution in [2.24, 2.45) is 0 Å². The number of aryl methyl sites for hydroxylation is 2. The largest absolute Gasteiger partial charge is 0.397 e. The van der Waals surface area contributed by atoms with Crippen molar-refractivity contribution < 1.29 is 4.39 Å². The summed E-state index contributed by atoms with van der Waals surface area (Å²) in [5.74, 6) is -0.320. The van der Waals surface area contributed by atoms with Gasteiger partial charge in [-0.05, 0) is 38.5 Å². The van der Waals surface area contributed by atoms with Crippen LogP contribution in [0, 0.1) is 26.6 Å². The highest BCUT2D eigenvalue weighted by Gasteiger charge is 2.14. The van der Waals surface area contributed by atoms with Gasteiger partial charge in [0, 0.05) is 0 Å². The Bertz CT molecular complexity index is 590. The fraction of sp³-hybridized carbons (Fsp3) is 0.250. The minimum Gasteiger partial charge on any atom is -0.397 e. The third kappa shape index (κ3) is 1.89. The zero-order valence-corrected chi connectivity index (χ0v) is 10.6. The summed E-state index contributed by atoms with van der Waals surface area (Å²) >= 11 is 6.07. The SMILES string of the molecule is Cc1cc(-n2nc(C)c(Cl)c2C)c(N)cc1F. The summed E-state index contributed by atoms with van der Waals surface area (Å²) < 4.78 is 15.0. The van der Waals surface area contributed by atoms with Gasteiger partial charge in [-0.1, -0.05) is 11.6 Å². The Morgan fingerprint density at radius 2 is 1.94 bits per heavy atom. The summed E-state index contributed by atoms with van der Waals surface area (Å²) in [5.41, 5.74) is 8.85. The molecule has 3 nitrogen and oxygen atoms in total. The van der Waals surface area contributed by atoms with Crippen molar-refractivity contribution in [1.29, 1.82) is 0 Å². The molecule has 0 aliphatic rings. The van der Waals surface area contributed by atoms with E-state index in [2.05, 4.69) is 5.10 Å². The molecule has 0 radical (unpaired) electrons. The predicted molar refractivity (Wildman–Crippen MR) is 67.2 cm³/mol. The second-order valence-corrected chi connectivity index (χ2v) is 4.43. The fourth-order valence-corrected chi connectivity index (χ4v) is 1.84. The average molecular weight is 254 g/mol. The normalized spacial score (nSPS) is 10.9. The number of hydrogen-bond acceptors (Lipinski definition) is 2. The molecule has 2 rings (SSSR count). The van der Waals surface area contributed by atoms with Crippen LogP contribution in [0.15, 0.2) is 12.1 Å². The molecular formula is C12H13ClFN3. The average Bonchev–Trinajstić information content (AvgIpc) is 2.51. The van der Waals surface area contributed by atoms with Gasteiger partial charge in [0.1, 0.15) is 5.82 Å². The molecule has 5 heteroatoms. The molecule has 17 heavy (non-hydrogen) atoms. The van der Waals surface area contributed by atoms with Crippen molar-refractivity contribution in [3.8, 4) is 5.69 Å². The van der Waals surface area contributed by atoms with Crippen LogP contribution in [0.5, 0.6) is 0 Å². The molecule has 1 aromatic heterocycles. The van der Waals surface area contributed by atoms with Gasteiger partial charge >= 0.3 is 0 Å². The molecule has 0 saturated carbocycles. The lowest BCUT2D eigenvalue weighted by Gasteiger charge is -2.09. The smallest absolute Gasteiger partial charge is 0.128 e. The maximum atomic E-state index is 13.3. The van der Waals surface area contributed by atoms with Gasteiger partial charge in [-0.3, -0.25) is 0 Å². The molecule has 0 amide bonds. The van der Waals surface area contributed by atoms with E-state index in [1.165, 1.54) is 6.07 Å². The van der Waals surface area contributed by atoms with E-state index in [0.29, 0.717) is 22.0 Å². The molecule has 0 spiro atoms. The maximum Gasteiger partial charge on any atom is 0.128 e. The zero-order valence-electron chi connectivity index (χ0n) is 9.88. The number of anilines is 1. The standard InChI is InChI=1S/C12H13ClFN3/c1-6-4-11(10(15)5-9(6)14)17-8(3)12(13)7(2)16-17/h4-5H,15H2,1-3H3. The van der Waals surface area contributed by atoms with Crippen LogP contribution in [0.25, 0.3) is 5.69 Å². The molecule has 0 aliphatic carbocycles. The number of hydrogen-bond donors (Lipinski definition) is 1. The van der Waals surface area contributed by atoms with Crippen LogP contribution in [0.4, 0.5) is 10.1 Å². The lowest BCUT2D eigenvalue weighted by Crippen LogP contribution is -2.05. The zero-order chi connectivity index (χ0) is 12.7. The minimum atomic E-state index is -0.320. The number of rotatable bonds is 1. The third-order valence-corrected chi connectivity index (χ3v) is 3.29. The lowest BCUT2D eigenvalue weighted by molar-refractivity contribution is 0.618. The van der Waals surface area contributed by atoms with E-state index >= 15 is 0 Å². The fourth-order valence-electron chi connectivity index (χ4n) is 1.72. The Morgan fingerprint density at radius 3 is 2.47 bits per heavy atom. The molecule has 0 fully saturated rings. The van der Waals surface area contributed by atoms with Gasteiger partial charge in [0.25, 0.3) is 0 Å². The van der Waals surface area contributed by atoms with Gasteiger partial charge in [0.2, 0.25) is 0 Å². The summed E-state index contributed by atoms with van der Waals surface area (Å²) in [6.45, 7) is 5.35. The molecule has 90 valence electrons. The quantitative estimate of drug-likeness (QED) is 0.794. The van der Waals surface area contributed by atoms with Crippen LogP contribution in [0.2, 0.25) is 5.02 Å². The van der Waals surface area contributed by atoms with Gasteiger partial charge < -0.3 is 5.73 Å². The van der Waals surface area contributed by atoms with E-state index in [9.17, 15) is 4.39 Å².